The average molecular weight is 722 g/mol. The number of piperidine rings is 2. The molecule has 1 aromatic carbocycles. The molecule has 2 saturated heterocycles. The van der Waals surface area contributed by atoms with Crippen LogP contribution in [-0.4, -0.2) is 83.8 Å². The largest absolute Gasteiger partial charge is 0.481 e. The summed E-state index contributed by atoms with van der Waals surface area (Å²) in [7, 11) is 1.60. The number of hydrogen-bond acceptors (Lipinski definition) is 10. The van der Waals surface area contributed by atoms with Gasteiger partial charge in [0.15, 0.2) is 5.65 Å². The van der Waals surface area contributed by atoms with Crippen molar-refractivity contribution >= 4 is 39.6 Å². The molecule has 6 aromatic rings. The molecule has 0 bridgehead atoms. The van der Waals surface area contributed by atoms with Crippen LogP contribution in [0.5, 0.6) is 5.88 Å². The number of rotatable bonds is 9. The van der Waals surface area contributed by atoms with Gasteiger partial charge in [0.2, 0.25) is 11.8 Å². The minimum Gasteiger partial charge on any atom is -0.481 e. The first-order valence-corrected chi connectivity index (χ1v) is 18.9. The first kappa shape index (κ1) is 33.5. The van der Waals surface area contributed by atoms with Crippen LogP contribution in [0.2, 0.25) is 0 Å². The molecule has 11 nitrogen and oxygen atoms in total. The zero-order valence-corrected chi connectivity index (χ0v) is 29.9. The van der Waals surface area contributed by atoms with E-state index in [0.717, 1.165) is 41.6 Å². The number of ether oxygens (including phenoxy) is 1. The van der Waals surface area contributed by atoms with Crippen LogP contribution in [0.1, 0.15) is 35.6 Å². The van der Waals surface area contributed by atoms with E-state index in [1.54, 1.807) is 42.0 Å². The maximum Gasteiger partial charge on any atom is 0.262 e. The number of carbonyl (C=O) groups excluding carboxylic acids is 1. The van der Waals surface area contributed by atoms with Crippen LogP contribution >= 0.6 is 22.7 Å². The molecular weight excluding hydrogens is 683 g/mol. The van der Waals surface area contributed by atoms with E-state index in [1.165, 1.54) is 21.3 Å². The fourth-order valence-electron chi connectivity index (χ4n) is 7.46. The molecule has 0 spiro atoms. The lowest BCUT2D eigenvalue weighted by molar-refractivity contribution is -0.142. The molecule has 8 rings (SSSR count). The molecule has 13 heteroatoms. The van der Waals surface area contributed by atoms with Gasteiger partial charge in [0.25, 0.3) is 5.56 Å². The number of hydrogen-bond donors (Lipinski definition) is 1. The Kier molecular flexibility index (Phi) is 9.28. The molecule has 0 radical (unpaired) electrons. The second-order valence-corrected chi connectivity index (χ2v) is 15.5. The van der Waals surface area contributed by atoms with Crippen molar-refractivity contribution in [1.82, 2.24) is 33.9 Å². The standard InChI is InChI=1S/C38H39N7O4S2/c1-49-32-10-9-27(20-39-32)35-40-21-28(51-35)22-42-15-11-29(31(23-42)26-6-3-2-4-7-26)36(46)43-17-13-38(48,14-18-43)24-44-25-41-34-30(37(44)47)12-16-45(34)33-8-5-19-50-33/h2-10,12,16,19-21,25,29,31,48H,11,13-15,17-18,22-24H2,1H3/t29-,31+/m1/s1. The maximum atomic E-state index is 14.2. The maximum absolute atomic E-state index is 14.2. The van der Waals surface area contributed by atoms with Crippen LogP contribution in [-0.2, 0) is 17.9 Å². The van der Waals surface area contributed by atoms with Crippen molar-refractivity contribution in [2.45, 2.75) is 43.9 Å². The molecule has 0 unspecified atom stereocenters. The smallest absolute Gasteiger partial charge is 0.262 e. The number of likely N-dealkylation sites (tertiary alicyclic amines) is 2. The van der Waals surface area contributed by atoms with E-state index in [1.807, 2.05) is 69.7 Å². The van der Waals surface area contributed by atoms with Crippen LogP contribution in [0, 0.1) is 5.92 Å². The SMILES string of the molecule is COc1ccc(-c2ncc(CN3CC[C@@H](C(=O)N4CCC(O)(Cn5cnc6c(ccn6-c6cccs6)c5=O)CC4)[C@H](c4ccccc4)C3)s2)cn1. The van der Waals surface area contributed by atoms with E-state index in [9.17, 15) is 14.7 Å². The monoisotopic (exact) mass is 721 g/mol. The quantitative estimate of drug-likeness (QED) is 0.210. The minimum absolute atomic E-state index is 0.0457. The number of nitrogens with zero attached hydrogens (tertiary/aromatic N) is 7. The van der Waals surface area contributed by atoms with Crippen LogP contribution in [0.15, 0.2) is 95.8 Å². The van der Waals surface area contributed by atoms with E-state index in [4.69, 9.17) is 4.74 Å². The lowest BCUT2D eigenvalue weighted by atomic mass is 9.79. The first-order valence-electron chi connectivity index (χ1n) is 17.2. The van der Waals surface area contributed by atoms with Gasteiger partial charge in [-0.15, -0.1) is 22.7 Å². The van der Waals surface area contributed by atoms with Crippen molar-refractivity contribution in [2.75, 3.05) is 33.3 Å². The molecule has 1 N–H and O–H groups in total. The van der Waals surface area contributed by atoms with Gasteiger partial charge in [0.05, 0.1) is 24.6 Å². The Bertz CT molecular complexity index is 2170. The number of amides is 1. The van der Waals surface area contributed by atoms with Crippen LogP contribution in [0.25, 0.3) is 26.6 Å². The number of thiophene rings is 1. The zero-order valence-electron chi connectivity index (χ0n) is 28.3. The molecule has 1 amide bonds. The van der Waals surface area contributed by atoms with E-state index in [0.29, 0.717) is 42.8 Å². The highest BCUT2D eigenvalue weighted by atomic mass is 32.1. The van der Waals surface area contributed by atoms with Crippen molar-refractivity contribution < 1.29 is 14.6 Å². The molecule has 0 aliphatic carbocycles. The Morgan fingerprint density at radius 3 is 2.59 bits per heavy atom. The third-order valence-electron chi connectivity index (χ3n) is 10.3. The van der Waals surface area contributed by atoms with Crippen LogP contribution in [0.3, 0.4) is 0 Å². The minimum atomic E-state index is -1.11. The molecule has 2 aliphatic heterocycles. The highest BCUT2D eigenvalue weighted by molar-refractivity contribution is 7.15. The van der Waals surface area contributed by atoms with Gasteiger partial charge in [0, 0.05) is 73.1 Å². The molecule has 7 heterocycles. The molecule has 5 aromatic heterocycles. The third-order valence-corrected chi connectivity index (χ3v) is 12.2. The number of fused-ring (bicyclic) bond motifs is 1. The van der Waals surface area contributed by atoms with E-state index in [-0.39, 0.29) is 29.8 Å². The Morgan fingerprint density at radius 2 is 1.84 bits per heavy atom. The van der Waals surface area contributed by atoms with Gasteiger partial charge in [-0.3, -0.25) is 23.6 Å². The summed E-state index contributed by atoms with van der Waals surface area (Å²) in [5, 5.41) is 16.1. The first-order chi connectivity index (χ1) is 24.9. The summed E-state index contributed by atoms with van der Waals surface area (Å²) in [5.74, 6) is 0.611. The van der Waals surface area contributed by atoms with Gasteiger partial charge in [-0.05, 0) is 61.0 Å². The Balaban J connectivity index is 0.925. The molecule has 2 atom stereocenters. The summed E-state index contributed by atoms with van der Waals surface area (Å²) >= 11 is 3.24. The lowest BCUT2D eigenvalue weighted by Gasteiger charge is -2.43. The summed E-state index contributed by atoms with van der Waals surface area (Å²) in [6.45, 7) is 3.37. The molecule has 2 fully saturated rings. The van der Waals surface area contributed by atoms with Crippen molar-refractivity contribution in [3.8, 4) is 21.5 Å². The third kappa shape index (κ3) is 6.86. The number of carbonyl (C=O) groups is 1. The predicted molar refractivity (Wildman–Crippen MR) is 198 cm³/mol. The average Bonchev–Trinajstić information content (AvgIpc) is 3.95. The van der Waals surface area contributed by atoms with Gasteiger partial charge < -0.3 is 14.7 Å². The van der Waals surface area contributed by atoms with Gasteiger partial charge in [-0.25, -0.2) is 15.0 Å². The Hall–Kier alpha value is -4.69. The van der Waals surface area contributed by atoms with Crippen molar-refractivity contribution in [3.05, 3.63) is 112 Å². The molecule has 262 valence electrons. The molecular formula is C38H39N7O4S2. The van der Waals surface area contributed by atoms with Gasteiger partial charge in [-0.2, -0.15) is 0 Å². The summed E-state index contributed by atoms with van der Waals surface area (Å²) < 4.78 is 8.62. The normalized spacial score (nSPS) is 19.4. The summed E-state index contributed by atoms with van der Waals surface area (Å²) in [6.07, 6.45) is 8.66. The molecule has 2 aliphatic rings. The van der Waals surface area contributed by atoms with Crippen molar-refractivity contribution in [1.29, 1.82) is 0 Å². The number of pyridine rings is 1. The number of thiazole rings is 1. The highest BCUT2D eigenvalue weighted by Crippen LogP contribution is 2.37. The van der Waals surface area contributed by atoms with E-state index in [2.05, 4.69) is 32.0 Å². The highest BCUT2D eigenvalue weighted by Gasteiger charge is 2.41. The number of methoxy groups -OCH3 is 1. The van der Waals surface area contributed by atoms with Crippen molar-refractivity contribution in [3.63, 3.8) is 0 Å². The number of aliphatic hydroxyl groups is 1. The van der Waals surface area contributed by atoms with E-state index >= 15 is 0 Å². The zero-order chi connectivity index (χ0) is 35.0. The van der Waals surface area contributed by atoms with Crippen LogP contribution < -0.4 is 10.3 Å². The molecule has 0 saturated carbocycles. The van der Waals surface area contributed by atoms with Gasteiger partial charge >= 0.3 is 0 Å². The molecule has 51 heavy (non-hydrogen) atoms. The summed E-state index contributed by atoms with van der Waals surface area (Å²) in [6, 6.07) is 19.9. The second-order valence-electron chi connectivity index (χ2n) is 13.5. The van der Waals surface area contributed by atoms with E-state index < -0.39 is 5.60 Å². The Morgan fingerprint density at radius 1 is 1.00 bits per heavy atom. The lowest BCUT2D eigenvalue weighted by Crippen LogP contribution is -2.53. The van der Waals surface area contributed by atoms with Crippen molar-refractivity contribution in [2.24, 2.45) is 5.92 Å². The van der Waals surface area contributed by atoms with Gasteiger partial charge in [-0.1, -0.05) is 30.3 Å². The number of aromatic nitrogens is 5. The predicted octanol–water partition coefficient (Wildman–Crippen LogP) is 5.44. The fraction of sp³-hybridized carbons (Fsp3) is 0.342. The second kappa shape index (κ2) is 14.1. The van der Waals surface area contributed by atoms with Gasteiger partial charge in [0.1, 0.15) is 16.3 Å². The Labute approximate surface area is 303 Å². The van der Waals surface area contributed by atoms with Crippen LogP contribution in [0.4, 0.5) is 0 Å². The summed E-state index contributed by atoms with van der Waals surface area (Å²) in [5.41, 5.74) is 1.45. The topological polar surface area (TPSA) is 119 Å². The number of benzene rings is 1. The fourth-order valence-corrected chi connectivity index (χ4v) is 9.12. The summed E-state index contributed by atoms with van der Waals surface area (Å²) in [4.78, 5) is 46.7.